The molecule has 0 atom stereocenters. The van der Waals surface area contributed by atoms with Crippen LogP contribution in [0.15, 0.2) is 82.8 Å². The van der Waals surface area contributed by atoms with Gasteiger partial charge in [0.15, 0.2) is 17.4 Å². The van der Waals surface area contributed by atoms with E-state index in [4.69, 9.17) is 0 Å². The molecule has 0 radical (unpaired) electrons. The van der Waals surface area contributed by atoms with Gasteiger partial charge in [-0.25, -0.2) is 0 Å². The number of benzene rings is 1. The number of nitrogens with one attached hydrogen (secondary N) is 2. The maximum atomic E-state index is 11.8. The van der Waals surface area contributed by atoms with Crippen molar-refractivity contribution in [1.29, 1.82) is 0 Å². The van der Waals surface area contributed by atoms with Crippen LogP contribution in [0.25, 0.3) is 5.65 Å². The molecule has 0 saturated carbocycles. The number of rotatable bonds is 6. The van der Waals surface area contributed by atoms with Crippen molar-refractivity contribution in [2.45, 2.75) is 19.6 Å². The van der Waals surface area contributed by atoms with Crippen LogP contribution in [0, 0.1) is 0 Å². The molecule has 0 bridgehead atoms. The summed E-state index contributed by atoms with van der Waals surface area (Å²) in [6, 6.07) is 19.2. The fourth-order valence-electron chi connectivity index (χ4n) is 3.13. The number of aliphatic imine (C=N–C) groups is 1. The van der Waals surface area contributed by atoms with Gasteiger partial charge in [-0.2, -0.15) is 0 Å². The van der Waals surface area contributed by atoms with Crippen LogP contribution in [0.4, 0.5) is 0 Å². The molecule has 0 spiro atoms. The fraction of sp³-hybridized carbons (Fsp3) is 0.182. The smallest absolute Gasteiger partial charge is 0.250 e. The molecular formula is C22H23N7O. The predicted octanol–water partition coefficient (Wildman–Crippen LogP) is 1.80. The summed E-state index contributed by atoms with van der Waals surface area (Å²) < 4.78 is 3.63. The zero-order valence-corrected chi connectivity index (χ0v) is 16.7. The zero-order chi connectivity index (χ0) is 20.8. The summed E-state index contributed by atoms with van der Waals surface area (Å²) in [5.74, 6) is 1.50. The Labute approximate surface area is 173 Å². The van der Waals surface area contributed by atoms with E-state index in [-0.39, 0.29) is 5.56 Å². The lowest BCUT2D eigenvalue weighted by atomic mass is 10.1. The topological polar surface area (TPSA) is 88.6 Å². The van der Waals surface area contributed by atoms with Gasteiger partial charge in [-0.1, -0.05) is 36.4 Å². The monoisotopic (exact) mass is 401 g/mol. The molecule has 4 aromatic rings. The minimum absolute atomic E-state index is 0.00132. The summed E-state index contributed by atoms with van der Waals surface area (Å²) in [5.41, 5.74) is 3.01. The van der Waals surface area contributed by atoms with Crippen molar-refractivity contribution < 1.29 is 0 Å². The number of fused-ring (bicyclic) bond motifs is 1. The Morgan fingerprint density at radius 2 is 1.63 bits per heavy atom. The predicted molar refractivity (Wildman–Crippen MR) is 116 cm³/mol. The third kappa shape index (κ3) is 4.54. The van der Waals surface area contributed by atoms with E-state index in [2.05, 4.69) is 38.0 Å². The first kappa shape index (κ1) is 19.4. The standard InChI is InChI=1S/C22H23N7O/c1-23-22(25-15-20-27-26-19-6-2-5-13-29(19)20)24-14-17-8-10-18(11-9-17)16-28-12-4-3-7-21(28)30/h2-13H,14-16H2,1H3,(H2,23,24,25). The van der Waals surface area contributed by atoms with Crippen molar-refractivity contribution in [2.24, 2.45) is 4.99 Å². The number of hydrogen-bond donors (Lipinski definition) is 2. The van der Waals surface area contributed by atoms with E-state index in [1.807, 2.05) is 47.0 Å². The highest BCUT2D eigenvalue weighted by Crippen LogP contribution is 2.06. The van der Waals surface area contributed by atoms with Crippen LogP contribution in [0.1, 0.15) is 17.0 Å². The van der Waals surface area contributed by atoms with Crippen LogP contribution in [-0.4, -0.2) is 32.2 Å². The quantitative estimate of drug-likeness (QED) is 0.380. The molecule has 0 aliphatic carbocycles. The van der Waals surface area contributed by atoms with Crippen molar-refractivity contribution in [3.63, 3.8) is 0 Å². The lowest BCUT2D eigenvalue weighted by Crippen LogP contribution is -2.36. The zero-order valence-electron chi connectivity index (χ0n) is 16.7. The molecular weight excluding hydrogens is 378 g/mol. The van der Waals surface area contributed by atoms with Gasteiger partial charge in [-0.15, -0.1) is 10.2 Å². The molecule has 152 valence electrons. The first-order valence-electron chi connectivity index (χ1n) is 9.69. The minimum Gasteiger partial charge on any atom is -0.352 e. The molecule has 0 saturated heterocycles. The van der Waals surface area contributed by atoms with Gasteiger partial charge in [0.25, 0.3) is 5.56 Å². The summed E-state index contributed by atoms with van der Waals surface area (Å²) in [5, 5.41) is 14.9. The second-order valence-electron chi connectivity index (χ2n) is 6.81. The second-order valence-corrected chi connectivity index (χ2v) is 6.81. The number of guanidine groups is 1. The molecule has 0 amide bonds. The van der Waals surface area contributed by atoms with Crippen molar-refractivity contribution >= 4 is 11.6 Å². The normalized spacial score (nSPS) is 11.6. The fourth-order valence-corrected chi connectivity index (χ4v) is 3.13. The highest BCUT2D eigenvalue weighted by Gasteiger charge is 2.06. The number of pyridine rings is 2. The molecule has 3 heterocycles. The van der Waals surface area contributed by atoms with Crippen molar-refractivity contribution in [3.05, 3.63) is 100 Å². The van der Waals surface area contributed by atoms with E-state index in [9.17, 15) is 4.79 Å². The Kier molecular flexibility index (Phi) is 5.84. The van der Waals surface area contributed by atoms with Crippen LogP contribution in [0.3, 0.4) is 0 Å². The number of aromatic nitrogens is 4. The molecule has 8 nitrogen and oxygen atoms in total. The van der Waals surface area contributed by atoms with Crippen LogP contribution >= 0.6 is 0 Å². The highest BCUT2D eigenvalue weighted by atomic mass is 16.1. The summed E-state index contributed by atoms with van der Waals surface area (Å²) in [4.78, 5) is 16.1. The summed E-state index contributed by atoms with van der Waals surface area (Å²) in [6.07, 6.45) is 3.74. The molecule has 30 heavy (non-hydrogen) atoms. The third-order valence-corrected chi connectivity index (χ3v) is 4.76. The molecule has 0 aliphatic rings. The molecule has 2 N–H and O–H groups in total. The van der Waals surface area contributed by atoms with Crippen LogP contribution in [0.2, 0.25) is 0 Å². The Balaban J connectivity index is 1.32. The van der Waals surface area contributed by atoms with E-state index in [1.54, 1.807) is 29.9 Å². The van der Waals surface area contributed by atoms with Crippen molar-refractivity contribution in [1.82, 2.24) is 29.8 Å². The average molecular weight is 401 g/mol. The second kappa shape index (κ2) is 9.04. The van der Waals surface area contributed by atoms with E-state index in [0.29, 0.717) is 25.6 Å². The van der Waals surface area contributed by atoms with E-state index < -0.39 is 0 Å². The third-order valence-electron chi connectivity index (χ3n) is 4.76. The van der Waals surface area contributed by atoms with Gasteiger partial charge in [0.1, 0.15) is 0 Å². The Hall–Kier alpha value is -3.94. The Morgan fingerprint density at radius 3 is 2.43 bits per heavy atom. The maximum absolute atomic E-state index is 11.8. The molecule has 4 rings (SSSR count). The van der Waals surface area contributed by atoms with Gasteiger partial charge in [0, 0.05) is 32.1 Å². The summed E-state index contributed by atoms with van der Waals surface area (Å²) in [6.45, 7) is 1.70. The summed E-state index contributed by atoms with van der Waals surface area (Å²) in [7, 11) is 1.73. The molecule has 0 aliphatic heterocycles. The van der Waals surface area contributed by atoms with E-state index >= 15 is 0 Å². The number of hydrogen-bond acceptors (Lipinski definition) is 4. The van der Waals surface area contributed by atoms with Gasteiger partial charge in [0.2, 0.25) is 0 Å². The summed E-state index contributed by atoms with van der Waals surface area (Å²) >= 11 is 0. The molecule has 0 unspecified atom stereocenters. The maximum Gasteiger partial charge on any atom is 0.250 e. The average Bonchev–Trinajstić information content (AvgIpc) is 3.20. The molecule has 3 aromatic heterocycles. The first-order valence-corrected chi connectivity index (χ1v) is 9.69. The van der Waals surface area contributed by atoms with Gasteiger partial charge in [-0.3, -0.25) is 14.2 Å². The SMILES string of the molecule is CN=C(NCc1ccc(Cn2ccccc2=O)cc1)NCc1nnc2ccccn12. The van der Waals surface area contributed by atoms with Crippen LogP contribution < -0.4 is 16.2 Å². The van der Waals surface area contributed by atoms with Gasteiger partial charge in [0.05, 0.1) is 13.1 Å². The van der Waals surface area contributed by atoms with Gasteiger partial charge in [-0.05, 0) is 29.3 Å². The van der Waals surface area contributed by atoms with Crippen LogP contribution in [-0.2, 0) is 19.6 Å². The lowest BCUT2D eigenvalue weighted by Gasteiger charge is -2.12. The lowest BCUT2D eigenvalue weighted by molar-refractivity contribution is 0.755. The van der Waals surface area contributed by atoms with E-state index in [0.717, 1.165) is 22.6 Å². The first-order chi connectivity index (χ1) is 14.7. The van der Waals surface area contributed by atoms with Crippen LogP contribution in [0.5, 0.6) is 0 Å². The molecule has 0 fully saturated rings. The highest BCUT2D eigenvalue weighted by molar-refractivity contribution is 5.79. The Morgan fingerprint density at radius 1 is 0.900 bits per heavy atom. The van der Waals surface area contributed by atoms with E-state index in [1.165, 1.54) is 0 Å². The van der Waals surface area contributed by atoms with Crippen molar-refractivity contribution in [3.8, 4) is 0 Å². The Bertz CT molecular complexity index is 1210. The molecule has 8 heteroatoms. The minimum atomic E-state index is -0.00132. The van der Waals surface area contributed by atoms with Crippen molar-refractivity contribution in [2.75, 3.05) is 7.05 Å². The van der Waals surface area contributed by atoms with Gasteiger partial charge >= 0.3 is 0 Å². The van der Waals surface area contributed by atoms with Gasteiger partial charge < -0.3 is 15.2 Å². The molecule has 1 aromatic carbocycles. The number of nitrogens with zero attached hydrogens (tertiary/aromatic N) is 5. The largest absolute Gasteiger partial charge is 0.352 e.